The van der Waals surface area contributed by atoms with Crippen LogP contribution in [0.1, 0.15) is 24.0 Å². The number of hydrogen-bond donors (Lipinski definition) is 2. The first-order valence-corrected chi connectivity index (χ1v) is 10.4. The molecule has 0 unspecified atom stereocenters. The topological polar surface area (TPSA) is 92.5 Å². The Morgan fingerprint density at radius 1 is 1.07 bits per heavy atom. The molecule has 1 fully saturated rings. The summed E-state index contributed by atoms with van der Waals surface area (Å²) < 4.78 is 60.6. The van der Waals surface area contributed by atoms with E-state index in [0.717, 1.165) is 25.0 Å². The van der Waals surface area contributed by atoms with Crippen LogP contribution in [0.5, 0.6) is 0 Å². The number of benzene rings is 2. The van der Waals surface area contributed by atoms with E-state index < -0.39 is 21.8 Å². The van der Waals surface area contributed by atoms with Crippen molar-refractivity contribution in [2.75, 3.05) is 11.9 Å². The molecule has 1 amide bonds. The van der Waals surface area contributed by atoms with Crippen LogP contribution < -0.4 is 10.5 Å². The molecule has 3 rings (SSSR count). The van der Waals surface area contributed by atoms with E-state index in [1.165, 1.54) is 36.4 Å². The molecule has 3 N–H and O–H groups in total. The van der Waals surface area contributed by atoms with Gasteiger partial charge in [-0.25, -0.2) is 13.6 Å². The lowest BCUT2D eigenvalue weighted by atomic mass is 10.1. The Morgan fingerprint density at radius 3 is 2.14 bits per heavy atom. The van der Waals surface area contributed by atoms with E-state index in [0.29, 0.717) is 17.8 Å². The molecule has 1 aliphatic carbocycles. The maximum atomic E-state index is 12.7. The van der Waals surface area contributed by atoms with Gasteiger partial charge >= 0.3 is 6.18 Å². The molecule has 2 aromatic carbocycles. The maximum absolute atomic E-state index is 12.7. The number of amides is 1. The van der Waals surface area contributed by atoms with Gasteiger partial charge in [0.15, 0.2) is 0 Å². The zero-order chi connectivity index (χ0) is 21.2. The van der Waals surface area contributed by atoms with Crippen LogP contribution in [0.25, 0.3) is 0 Å². The summed E-state index contributed by atoms with van der Waals surface area (Å²) in [5.74, 6) is -0.299. The van der Waals surface area contributed by atoms with E-state index in [9.17, 15) is 26.4 Å². The third-order valence-corrected chi connectivity index (χ3v) is 5.47. The van der Waals surface area contributed by atoms with E-state index >= 15 is 0 Å². The van der Waals surface area contributed by atoms with Gasteiger partial charge < -0.3 is 5.32 Å². The number of nitrogens with one attached hydrogen (secondary N) is 1. The van der Waals surface area contributed by atoms with Crippen LogP contribution in [0.4, 0.5) is 18.9 Å². The van der Waals surface area contributed by atoms with E-state index in [1.807, 2.05) is 4.90 Å². The standard InChI is InChI=1S/C19H20F3N3O3S/c20-19(21,22)14-3-1-13(2-4-14)11-25(16-7-8-16)12-18(26)24-15-5-9-17(10-6-15)29(23,27)28/h1-6,9-10,16H,7-8,11-12H2,(H,24,26)(H2,23,27,28). The molecular weight excluding hydrogens is 407 g/mol. The number of nitrogens with two attached hydrogens (primary N) is 1. The molecule has 29 heavy (non-hydrogen) atoms. The van der Waals surface area contributed by atoms with Crippen LogP contribution in [0.3, 0.4) is 0 Å². The third-order valence-electron chi connectivity index (χ3n) is 4.54. The Hall–Kier alpha value is -2.43. The van der Waals surface area contributed by atoms with Crippen molar-refractivity contribution < 1.29 is 26.4 Å². The minimum Gasteiger partial charge on any atom is -0.325 e. The first-order chi connectivity index (χ1) is 13.5. The highest BCUT2D eigenvalue weighted by Crippen LogP contribution is 2.31. The van der Waals surface area contributed by atoms with Crippen LogP contribution in [-0.4, -0.2) is 31.8 Å². The first-order valence-electron chi connectivity index (χ1n) is 8.85. The number of sulfonamides is 1. The summed E-state index contributed by atoms with van der Waals surface area (Å²) >= 11 is 0. The Labute approximate surface area is 166 Å². The zero-order valence-electron chi connectivity index (χ0n) is 15.3. The van der Waals surface area contributed by atoms with E-state index in [1.54, 1.807) is 0 Å². The molecule has 0 aromatic heterocycles. The second kappa shape index (κ2) is 8.13. The van der Waals surface area contributed by atoms with Gasteiger partial charge in [-0.3, -0.25) is 9.69 Å². The van der Waals surface area contributed by atoms with Crippen molar-refractivity contribution in [3.05, 3.63) is 59.7 Å². The van der Waals surface area contributed by atoms with Gasteiger partial charge in [0.05, 0.1) is 17.0 Å². The molecule has 0 heterocycles. The maximum Gasteiger partial charge on any atom is 0.416 e. The normalized spacial score (nSPS) is 14.8. The molecule has 1 saturated carbocycles. The van der Waals surface area contributed by atoms with Crippen molar-refractivity contribution in [3.8, 4) is 0 Å². The fourth-order valence-corrected chi connectivity index (χ4v) is 3.42. The summed E-state index contributed by atoms with van der Waals surface area (Å²) in [7, 11) is -3.81. The smallest absolute Gasteiger partial charge is 0.325 e. The highest BCUT2D eigenvalue weighted by atomic mass is 32.2. The number of halogens is 3. The van der Waals surface area contributed by atoms with Crippen molar-refractivity contribution in [1.29, 1.82) is 0 Å². The molecule has 0 radical (unpaired) electrons. The predicted octanol–water partition coefficient (Wildman–Crippen LogP) is 2.96. The molecule has 0 spiro atoms. The molecular formula is C19H20F3N3O3S. The summed E-state index contributed by atoms with van der Waals surface area (Å²) in [6.07, 6.45) is -2.53. The number of hydrogen-bond acceptors (Lipinski definition) is 4. The molecule has 6 nitrogen and oxygen atoms in total. The van der Waals surface area contributed by atoms with E-state index in [-0.39, 0.29) is 23.4 Å². The van der Waals surface area contributed by atoms with Gasteiger partial charge in [-0.15, -0.1) is 0 Å². The average molecular weight is 427 g/mol. The van der Waals surface area contributed by atoms with Crippen LogP contribution in [0, 0.1) is 0 Å². The number of nitrogens with zero attached hydrogens (tertiary/aromatic N) is 1. The minimum absolute atomic E-state index is 0.0580. The molecule has 1 aliphatic rings. The number of carbonyl (C=O) groups is 1. The summed E-state index contributed by atoms with van der Waals surface area (Å²) in [5.41, 5.74) is 0.405. The van der Waals surface area contributed by atoms with E-state index in [4.69, 9.17) is 5.14 Å². The van der Waals surface area contributed by atoms with Gasteiger partial charge in [-0.2, -0.15) is 13.2 Å². The Morgan fingerprint density at radius 2 is 1.66 bits per heavy atom. The molecule has 0 atom stereocenters. The monoisotopic (exact) mass is 427 g/mol. The van der Waals surface area contributed by atoms with Crippen molar-refractivity contribution in [2.45, 2.75) is 36.5 Å². The van der Waals surface area contributed by atoms with Gasteiger partial charge in [-0.05, 0) is 54.8 Å². The fraction of sp³-hybridized carbons (Fsp3) is 0.316. The van der Waals surface area contributed by atoms with Gasteiger partial charge in [0, 0.05) is 18.3 Å². The Bertz CT molecular complexity index is 970. The highest BCUT2D eigenvalue weighted by Gasteiger charge is 2.32. The van der Waals surface area contributed by atoms with Crippen LogP contribution >= 0.6 is 0 Å². The lowest BCUT2D eigenvalue weighted by Gasteiger charge is -2.22. The minimum atomic E-state index is -4.38. The number of carbonyl (C=O) groups excluding carboxylic acids is 1. The summed E-state index contributed by atoms with van der Waals surface area (Å²) in [6, 6.07) is 10.6. The van der Waals surface area contributed by atoms with Crippen LogP contribution in [-0.2, 0) is 27.5 Å². The lowest BCUT2D eigenvalue weighted by Crippen LogP contribution is -2.34. The van der Waals surface area contributed by atoms with Crippen LogP contribution in [0.2, 0.25) is 0 Å². The summed E-state index contributed by atoms with van der Waals surface area (Å²) in [5, 5.41) is 7.72. The fourth-order valence-electron chi connectivity index (χ4n) is 2.90. The molecule has 10 heteroatoms. The SMILES string of the molecule is NS(=O)(=O)c1ccc(NC(=O)CN(Cc2ccc(C(F)(F)F)cc2)C2CC2)cc1. The lowest BCUT2D eigenvalue weighted by molar-refractivity contribution is -0.137. The molecule has 0 bridgehead atoms. The molecule has 0 aliphatic heterocycles. The van der Waals surface area contributed by atoms with Crippen molar-refractivity contribution in [2.24, 2.45) is 5.14 Å². The molecule has 2 aromatic rings. The Balaban J connectivity index is 1.61. The van der Waals surface area contributed by atoms with Gasteiger partial charge in [0.25, 0.3) is 0 Å². The van der Waals surface area contributed by atoms with Gasteiger partial charge in [0.2, 0.25) is 15.9 Å². The number of alkyl halides is 3. The predicted molar refractivity (Wildman–Crippen MR) is 101 cm³/mol. The number of anilines is 1. The number of rotatable bonds is 7. The van der Waals surface area contributed by atoms with Gasteiger partial charge in [0.1, 0.15) is 0 Å². The quantitative estimate of drug-likeness (QED) is 0.711. The van der Waals surface area contributed by atoms with Crippen LogP contribution in [0.15, 0.2) is 53.4 Å². The van der Waals surface area contributed by atoms with Crippen molar-refractivity contribution >= 4 is 21.6 Å². The zero-order valence-corrected chi connectivity index (χ0v) is 16.1. The Kier molecular flexibility index (Phi) is 5.97. The average Bonchev–Trinajstić information content (AvgIpc) is 3.45. The third kappa shape index (κ3) is 6.02. The summed E-state index contributed by atoms with van der Waals surface area (Å²) in [6.45, 7) is 0.434. The largest absolute Gasteiger partial charge is 0.416 e. The molecule has 0 saturated heterocycles. The van der Waals surface area contributed by atoms with Crippen molar-refractivity contribution in [3.63, 3.8) is 0 Å². The summed E-state index contributed by atoms with van der Waals surface area (Å²) in [4.78, 5) is 14.2. The molecule has 156 valence electrons. The van der Waals surface area contributed by atoms with Crippen molar-refractivity contribution in [1.82, 2.24) is 4.90 Å². The highest BCUT2D eigenvalue weighted by molar-refractivity contribution is 7.89. The first kappa shape index (κ1) is 21.3. The van der Waals surface area contributed by atoms with E-state index in [2.05, 4.69) is 5.32 Å². The second-order valence-electron chi connectivity index (χ2n) is 6.95. The number of primary sulfonamides is 1. The second-order valence-corrected chi connectivity index (χ2v) is 8.51. The van der Waals surface area contributed by atoms with Gasteiger partial charge in [-0.1, -0.05) is 12.1 Å².